The molecule has 4 nitrogen and oxygen atoms in total. The highest BCUT2D eigenvalue weighted by atomic mass is 32.1. The van der Waals surface area contributed by atoms with Crippen LogP contribution < -0.4 is 10.6 Å². The predicted molar refractivity (Wildman–Crippen MR) is 141 cm³/mol. The van der Waals surface area contributed by atoms with Gasteiger partial charge in [-0.05, 0) is 96.7 Å². The quantitative estimate of drug-likeness (QED) is 0.219. The SMILES string of the molecule is S=C=Nc1cccc(CC(=S)CCCCCNC(=S)Nc2cccc(N=C=S)c2)c1. The molecule has 0 fully saturated rings. The highest BCUT2D eigenvalue weighted by Crippen LogP contribution is 2.17. The van der Waals surface area contributed by atoms with Crippen LogP contribution in [0.25, 0.3) is 0 Å². The fourth-order valence-corrected chi connectivity index (χ4v) is 3.55. The van der Waals surface area contributed by atoms with Crippen LogP contribution in [0, 0.1) is 0 Å². The molecule has 154 valence electrons. The van der Waals surface area contributed by atoms with Crippen LogP contribution in [0.3, 0.4) is 0 Å². The second-order valence-corrected chi connectivity index (χ2v) is 7.88. The van der Waals surface area contributed by atoms with Crippen LogP contribution in [0.1, 0.15) is 31.2 Å². The monoisotopic (exact) mass is 470 g/mol. The minimum atomic E-state index is 0.591. The number of benzene rings is 2. The van der Waals surface area contributed by atoms with E-state index >= 15 is 0 Å². The average Bonchev–Trinajstić information content (AvgIpc) is 2.71. The molecule has 0 saturated heterocycles. The Bertz CT molecular complexity index is 897. The fourth-order valence-electron chi connectivity index (χ4n) is 2.81. The largest absolute Gasteiger partial charge is 0.362 e. The van der Waals surface area contributed by atoms with E-state index in [4.69, 9.17) is 24.4 Å². The van der Waals surface area contributed by atoms with Crippen molar-refractivity contribution in [1.29, 1.82) is 0 Å². The van der Waals surface area contributed by atoms with Gasteiger partial charge in [0, 0.05) is 18.7 Å². The third kappa shape index (κ3) is 9.55. The predicted octanol–water partition coefficient (Wildman–Crippen LogP) is 6.61. The second-order valence-electron chi connectivity index (χ2n) is 6.53. The van der Waals surface area contributed by atoms with Gasteiger partial charge in [-0.1, -0.05) is 36.8 Å². The van der Waals surface area contributed by atoms with Gasteiger partial charge in [-0.3, -0.25) is 0 Å². The van der Waals surface area contributed by atoms with Crippen molar-refractivity contribution in [2.24, 2.45) is 9.98 Å². The van der Waals surface area contributed by atoms with Gasteiger partial charge in [0.2, 0.25) is 0 Å². The van der Waals surface area contributed by atoms with Crippen LogP contribution >= 0.6 is 48.9 Å². The van der Waals surface area contributed by atoms with Crippen LogP contribution in [0.2, 0.25) is 0 Å². The Morgan fingerprint density at radius 3 is 2.30 bits per heavy atom. The number of hydrogen-bond acceptors (Lipinski definition) is 6. The van der Waals surface area contributed by atoms with Gasteiger partial charge in [-0.2, -0.15) is 9.98 Å². The van der Waals surface area contributed by atoms with Gasteiger partial charge in [-0.25, -0.2) is 0 Å². The van der Waals surface area contributed by atoms with Gasteiger partial charge in [-0.15, -0.1) is 0 Å². The Kier molecular flexibility index (Phi) is 11.2. The van der Waals surface area contributed by atoms with E-state index < -0.39 is 0 Å². The van der Waals surface area contributed by atoms with Gasteiger partial charge in [0.15, 0.2) is 5.11 Å². The first-order valence-electron chi connectivity index (χ1n) is 9.52. The summed E-state index contributed by atoms with van der Waals surface area (Å²) in [7, 11) is 0. The van der Waals surface area contributed by atoms with E-state index in [0.717, 1.165) is 66.1 Å². The van der Waals surface area contributed by atoms with Crippen molar-refractivity contribution < 1.29 is 0 Å². The third-order valence-electron chi connectivity index (χ3n) is 4.18. The number of nitrogens with zero attached hydrogens (tertiary/aromatic N) is 2. The van der Waals surface area contributed by atoms with E-state index in [2.05, 4.69) is 61.4 Å². The van der Waals surface area contributed by atoms with E-state index in [1.807, 2.05) is 42.5 Å². The number of nitrogens with one attached hydrogen (secondary N) is 2. The average molecular weight is 471 g/mol. The number of rotatable bonds is 11. The first kappa shape index (κ1) is 24.1. The van der Waals surface area contributed by atoms with Crippen LogP contribution in [0.5, 0.6) is 0 Å². The zero-order valence-electron chi connectivity index (χ0n) is 16.4. The number of anilines is 1. The van der Waals surface area contributed by atoms with E-state index in [1.165, 1.54) is 0 Å². The van der Waals surface area contributed by atoms with E-state index in [9.17, 15) is 0 Å². The van der Waals surface area contributed by atoms with Gasteiger partial charge >= 0.3 is 0 Å². The maximum atomic E-state index is 5.53. The Morgan fingerprint density at radius 1 is 0.867 bits per heavy atom. The standard InChI is InChI=1S/C22H22N4S4/c27-15-24-18-7-4-6-17(12-18)13-21(29)10-2-1-3-11-23-22(30)26-20-9-5-8-19(14-20)25-16-28/h4-9,12,14H,1-3,10-11,13H2,(H2,23,26,30). The maximum Gasteiger partial charge on any atom is 0.170 e. The number of isothiocyanates is 2. The van der Waals surface area contributed by atoms with Gasteiger partial charge < -0.3 is 10.6 Å². The molecule has 30 heavy (non-hydrogen) atoms. The molecule has 0 atom stereocenters. The molecule has 0 bridgehead atoms. The number of unbranched alkanes of at least 4 members (excludes halogenated alkanes) is 2. The number of aliphatic imine (C=N–C) groups is 2. The van der Waals surface area contributed by atoms with Crippen molar-refractivity contribution in [2.45, 2.75) is 32.1 Å². The summed E-state index contributed by atoms with van der Waals surface area (Å²) in [6.45, 7) is 0.813. The zero-order chi connectivity index (χ0) is 21.6. The number of hydrogen-bond donors (Lipinski definition) is 2. The summed E-state index contributed by atoms with van der Waals surface area (Å²) in [6, 6.07) is 15.5. The lowest BCUT2D eigenvalue weighted by Crippen LogP contribution is -2.29. The molecular weight excluding hydrogens is 449 g/mol. The van der Waals surface area contributed by atoms with E-state index in [1.54, 1.807) is 0 Å². The highest BCUT2D eigenvalue weighted by molar-refractivity contribution is 7.80. The second kappa shape index (κ2) is 13.9. The molecule has 0 radical (unpaired) electrons. The summed E-state index contributed by atoms with van der Waals surface area (Å²) in [6.07, 6.45) is 4.90. The molecule has 0 spiro atoms. The minimum absolute atomic E-state index is 0.591. The Morgan fingerprint density at radius 2 is 1.57 bits per heavy atom. The number of thiocarbonyl (C=S) groups is 4. The van der Waals surface area contributed by atoms with Gasteiger partial charge in [0.25, 0.3) is 0 Å². The lowest BCUT2D eigenvalue weighted by Gasteiger charge is -2.11. The lowest BCUT2D eigenvalue weighted by atomic mass is 10.0. The molecule has 0 aliphatic rings. The molecule has 2 aromatic carbocycles. The first-order valence-corrected chi connectivity index (χ1v) is 11.2. The molecule has 8 heteroatoms. The zero-order valence-corrected chi connectivity index (χ0v) is 19.7. The Labute approximate surface area is 198 Å². The van der Waals surface area contributed by atoms with Crippen molar-refractivity contribution in [2.75, 3.05) is 11.9 Å². The van der Waals surface area contributed by atoms with Crippen molar-refractivity contribution in [3.63, 3.8) is 0 Å². The lowest BCUT2D eigenvalue weighted by molar-refractivity contribution is 0.680. The molecule has 0 amide bonds. The van der Waals surface area contributed by atoms with Gasteiger partial charge in [0.05, 0.1) is 21.7 Å². The van der Waals surface area contributed by atoms with Crippen molar-refractivity contribution in [3.05, 3.63) is 54.1 Å². The minimum Gasteiger partial charge on any atom is -0.362 e. The molecule has 0 aliphatic carbocycles. The maximum absolute atomic E-state index is 5.53. The smallest absolute Gasteiger partial charge is 0.170 e. The topological polar surface area (TPSA) is 48.8 Å². The van der Waals surface area contributed by atoms with Crippen LogP contribution in [0.15, 0.2) is 58.5 Å². The van der Waals surface area contributed by atoms with E-state index in [-0.39, 0.29) is 0 Å². The van der Waals surface area contributed by atoms with Crippen molar-refractivity contribution in [3.8, 4) is 0 Å². The Hall–Kier alpha value is -2.18. The summed E-state index contributed by atoms with van der Waals surface area (Å²) in [5.74, 6) is 0. The Balaban J connectivity index is 1.61. The molecule has 0 aliphatic heterocycles. The molecule has 2 rings (SSSR count). The first-order chi connectivity index (χ1) is 14.6. The normalized spacial score (nSPS) is 9.73. The molecule has 0 unspecified atom stereocenters. The molecule has 2 N–H and O–H groups in total. The van der Waals surface area contributed by atoms with Crippen LogP contribution in [-0.4, -0.2) is 26.8 Å². The molecule has 0 heterocycles. The molecule has 2 aromatic rings. The fraction of sp³-hybridized carbons (Fsp3) is 0.273. The van der Waals surface area contributed by atoms with Crippen molar-refractivity contribution >= 4 is 86.2 Å². The molecule has 0 saturated carbocycles. The van der Waals surface area contributed by atoms with Gasteiger partial charge in [0.1, 0.15) is 0 Å². The third-order valence-corrected chi connectivity index (χ3v) is 4.96. The van der Waals surface area contributed by atoms with E-state index in [0.29, 0.717) is 5.11 Å². The summed E-state index contributed by atoms with van der Waals surface area (Å²) in [5, 5.41) is 11.7. The van der Waals surface area contributed by atoms with Crippen LogP contribution in [-0.2, 0) is 6.42 Å². The molecular formula is C22H22N4S4. The van der Waals surface area contributed by atoms with Crippen molar-refractivity contribution in [1.82, 2.24) is 5.32 Å². The summed E-state index contributed by atoms with van der Waals surface area (Å²) < 4.78 is 0. The summed E-state index contributed by atoms with van der Waals surface area (Å²) in [5.41, 5.74) is 3.58. The summed E-state index contributed by atoms with van der Waals surface area (Å²) in [4.78, 5) is 9.03. The summed E-state index contributed by atoms with van der Waals surface area (Å²) >= 11 is 20.2. The highest BCUT2D eigenvalue weighted by Gasteiger charge is 2.02. The molecule has 0 aromatic heterocycles. The van der Waals surface area contributed by atoms with Crippen LogP contribution in [0.4, 0.5) is 17.1 Å².